The molecule has 4 rings (SSSR count). The molecule has 6 nitrogen and oxygen atoms in total. The summed E-state index contributed by atoms with van der Waals surface area (Å²) < 4.78 is 11.8. The van der Waals surface area contributed by atoms with E-state index in [1.165, 1.54) is 11.1 Å². The van der Waals surface area contributed by atoms with E-state index >= 15 is 0 Å². The number of hydrogen-bond donors (Lipinski definition) is 2. The molecule has 204 valence electrons. The van der Waals surface area contributed by atoms with Gasteiger partial charge in [-0.15, -0.1) is 0 Å². The predicted octanol–water partition coefficient (Wildman–Crippen LogP) is 6.60. The SMILES string of the molecule is CCc1cc(OCOc2ccc(-c3ccc(C#N)cc3)c(CC)c2)ccc1-c1ccc(C#N)cc1.NCCCN. The van der Waals surface area contributed by atoms with Crippen molar-refractivity contribution >= 4 is 0 Å². The predicted molar refractivity (Wildman–Crippen MR) is 161 cm³/mol. The molecule has 0 radical (unpaired) electrons. The maximum absolute atomic E-state index is 9.03. The molecule has 0 heterocycles. The highest BCUT2D eigenvalue weighted by atomic mass is 16.7. The maximum atomic E-state index is 9.03. The lowest BCUT2D eigenvalue weighted by molar-refractivity contribution is 0.119. The van der Waals surface area contributed by atoms with E-state index < -0.39 is 0 Å². The first-order chi connectivity index (χ1) is 19.6. The van der Waals surface area contributed by atoms with Crippen molar-refractivity contribution in [2.24, 2.45) is 11.5 Å². The molecular formula is C34H36N4O2. The van der Waals surface area contributed by atoms with Gasteiger partial charge in [0.05, 0.1) is 23.3 Å². The lowest BCUT2D eigenvalue weighted by Crippen LogP contribution is -2.06. The van der Waals surface area contributed by atoms with Gasteiger partial charge in [0.1, 0.15) is 11.5 Å². The monoisotopic (exact) mass is 532 g/mol. The Morgan fingerprint density at radius 1 is 0.600 bits per heavy atom. The molecule has 6 heteroatoms. The Labute approximate surface area is 237 Å². The van der Waals surface area contributed by atoms with Gasteiger partial charge in [-0.3, -0.25) is 0 Å². The van der Waals surface area contributed by atoms with Crippen molar-refractivity contribution in [2.45, 2.75) is 33.1 Å². The minimum Gasteiger partial charge on any atom is -0.457 e. The molecule has 4 aromatic carbocycles. The summed E-state index contributed by atoms with van der Waals surface area (Å²) in [5.74, 6) is 1.51. The Balaban J connectivity index is 0.000000810. The van der Waals surface area contributed by atoms with Crippen LogP contribution in [-0.4, -0.2) is 19.9 Å². The second-order valence-corrected chi connectivity index (χ2v) is 9.06. The van der Waals surface area contributed by atoms with E-state index in [0.717, 1.165) is 66.1 Å². The lowest BCUT2D eigenvalue weighted by atomic mass is 9.97. The summed E-state index contributed by atoms with van der Waals surface area (Å²) in [5, 5.41) is 18.1. The molecule has 0 amide bonds. The van der Waals surface area contributed by atoms with Gasteiger partial charge in [-0.1, -0.05) is 50.2 Å². The summed E-state index contributed by atoms with van der Waals surface area (Å²) in [7, 11) is 0. The number of nitrogens with zero attached hydrogens (tertiary/aromatic N) is 2. The molecule has 0 aliphatic heterocycles. The van der Waals surface area contributed by atoms with Gasteiger partial charge in [0.25, 0.3) is 0 Å². The number of nitrogens with two attached hydrogens (primary N) is 2. The third kappa shape index (κ3) is 8.19. The molecule has 0 atom stereocenters. The normalized spacial score (nSPS) is 10.1. The van der Waals surface area contributed by atoms with Gasteiger partial charge < -0.3 is 20.9 Å². The van der Waals surface area contributed by atoms with Crippen LogP contribution >= 0.6 is 0 Å². The molecule has 4 aromatic rings. The highest BCUT2D eigenvalue weighted by molar-refractivity contribution is 5.70. The minimum absolute atomic E-state index is 0.110. The second-order valence-electron chi connectivity index (χ2n) is 9.06. The third-order valence-corrected chi connectivity index (χ3v) is 6.42. The number of hydrogen-bond acceptors (Lipinski definition) is 6. The summed E-state index contributed by atoms with van der Waals surface area (Å²) in [6, 6.07) is 31.7. The molecule has 0 bridgehead atoms. The Morgan fingerprint density at radius 3 is 1.30 bits per heavy atom. The first kappa shape index (κ1) is 29.9. The average molecular weight is 533 g/mol. The quantitative estimate of drug-likeness (QED) is 0.222. The summed E-state index contributed by atoms with van der Waals surface area (Å²) in [5.41, 5.74) is 18.2. The summed E-state index contributed by atoms with van der Waals surface area (Å²) in [6.45, 7) is 5.78. The third-order valence-electron chi connectivity index (χ3n) is 6.42. The van der Waals surface area contributed by atoms with Crippen molar-refractivity contribution in [1.82, 2.24) is 0 Å². The van der Waals surface area contributed by atoms with Crippen LogP contribution in [0.3, 0.4) is 0 Å². The second kappa shape index (κ2) is 15.7. The van der Waals surface area contributed by atoms with Crippen molar-refractivity contribution in [3.05, 3.63) is 107 Å². The highest BCUT2D eigenvalue weighted by Crippen LogP contribution is 2.30. The standard InChI is InChI=1S/C31H26N2O2.C3H10N2/c1-3-24-17-28(13-15-30(24)26-9-5-22(19-32)6-10-26)34-21-35-29-14-16-31(25(4-2)18-29)27-11-7-23(20-33)8-12-27;4-2-1-3-5/h5-18H,3-4,21H2,1-2H3;1-5H2. The minimum atomic E-state index is 0.110. The van der Waals surface area contributed by atoms with E-state index in [0.29, 0.717) is 11.1 Å². The van der Waals surface area contributed by atoms with Crippen molar-refractivity contribution < 1.29 is 9.47 Å². The van der Waals surface area contributed by atoms with E-state index in [-0.39, 0.29) is 6.79 Å². The van der Waals surface area contributed by atoms with Crippen molar-refractivity contribution in [2.75, 3.05) is 19.9 Å². The molecule has 0 aliphatic carbocycles. The number of nitriles is 2. The molecular weight excluding hydrogens is 496 g/mol. The van der Waals surface area contributed by atoms with Gasteiger partial charge in [-0.25, -0.2) is 0 Å². The van der Waals surface area contributed by atoms with Gasteiger partial charge in [0, 0.05) is 0 Å². The molecule has 0 aromatic heterocycles. The zero-order chi connectivity index (χ0) is 28.7. The molecule has 4 N–H and O–H groups in total. The lowest BCUT2D eigenvalue weighted by Gasteiger charge is -2.14. The van der Waals surface area contributed by atoms with E-state index in [4.69, 9.17) is 31.5 Å². The van der Waals surface area contributed by atoms with Crippen LogP contribution in [0.1, 0.15) is 42.5 Å². The number of ether oxygens (including phenoxy) is 2. The van der Waals surface area contributed by atoms with Crippen molar-refractivity contribution in [3.63, 3.8) is 0 Å². The van der Waals surface area contributed by atoms with Crippen LogP contribution in [0, 0.1) is 22.7 Å². The zero-order valence-corrected chi connectivity index (χ0v) is 23.2. The van der Waals surface area contributed by atoms with Crippen LogP contribution in [0.15, 0.2) is 84.9 Å². The van der Waals surface area contributed by atoms with Gasteiger partial charge in [-0.05, 0) is 114 Å². The summed E-state index contributed by atoms with van der Waals surface area (Å²) >= 11 is 0. The van der Waals surface area contributed by atoms with E-state index in [2.05, 4.69) is 38.1 Å². The Bertz CT molecular complexity index is 1340. The van der Waals surface area contributed by atoms with Gasteiger partial charge >= 0.3 is 0 Å². The number of aryl methyl sites for hydroxylation is 2. The summed E-state index contributed by atoms with van der Waals surface area (Å²) in [6.07, 6.45) is 2.67. The molecule has 0 spiro atoms. The summed E-state index contributed by atoms with van der Waals surface area (Å²) in [4.78, 5) is 0. The van der Waals surface area contributed by atoms with Crippen LogP contribution in [0.5, 0.6) is 11.5 Å². The Hall–Kier alpha value is -4.62. The highest BCUT2D eigenvalue weighted by Gasteiger charge is 2.09. The fourth-order valence-corrected chi connectivity index (χ4v) is 4.20. The Morgan fingerprint density at radius 2 is 1.00 bits per heavy atom. The van der Waals surface area contributed by atoms with Crippen LogP contribution in [0.4, 0.5) is 0 Å². The Kier molecular flexibility index (Phi) is 11.8. The first-order valence-electron chi connectivity index (χ1n) is 13.5. The number of benzene rings is 4. The van der Waals surface area contributed by atoms with E-state index in [1.807, 2.05) is 72.8 Å². The van der Waals surface area contributed by atoms with Crippen molar-refractivity contribution in [3.8, 4) is 45.9 Å². The smallest absolute Gasteiger partial charge is 0.230 e. The van der Waals surface area contributed by atoms with Crippen LogP contribution in [0.2, 0.25) is 0 Å². The molecule has 0 saturated heterocycles. The van der Waals surface area contributed by atoms with Crippen LogP contribution in [0.25, 0.3) is 22.3 Å². The molecule has 0 aliphatic rings. The van der Waals surface area contributed by atoms with Crippen molar-refractivity contribution in [1.29, 1.82) is 10.5 Å². The first-order valence-corrected chi connectivity index (χ1v) is 13.5. The topological polar surface area (TPSA) is 118 Å². The van der Waals surface area contributed by atoms with Gasteiger partial charge in [-0.2, -0.15) is 10.5 Å². The largest absolute Gasteiger partial charge is 0.457 e. The van der Waals surface area contributed by atoms with Gasteiger partial charge in [0.2, 0.25) is 6.79 Å². The number of rotatable bonds is 10. The molecule has 0 saturated carbocycles. The van der Waals surface area contributed by atoms with E-state index in [1.54, 1.807) is 0 Å². The van der Waals surface area contributed by atoms with E-state index in [9.17, 15) is 0 Å². The molecule has 0 unspecified atom stereocenters. The molecule has 40 heavy (non-hydrogen) atoms. The zero-order valence-electron chi connectivity index (χ0n) is 23.2. The van der Waals surface area contributed by atoms with Crippen LogP contribution in [-0.2, 0) is 12.8 Å². The average Bonchev–Trinajstić information content (AvgIpc) is 3.01. The fraction of sp³-hybridized carbons (Fsp3) is 0.235. The van der Waals surface area contributed by atoms with Gasteiger partial charge in [0.15, 0.2) is 0 Å². The maximum Gasteiger partial charge on any atom is 0.230 e. The molecule has 0 fully saturated rings. The fourth-order valence-electron chi connectivity index (χ4n) is 4.20. The van der Waals surface area contributed by atoms with Crippen LogP contribution < -0.4 is 20.9 Å².